The normalized spacial score (nSPS) is 23.9. The first kappa shape index (κ1) is 14.5. The Balaban J connectivity index is 1.71. The highest BCUT2D eigenvalue weighted by Gasteiger charge is 2.30. The highest BCUT2D eigenvalue weighted by atomic mass is 16.5. The molecule has 0 radical (unpaired) electrons. The molecule has 106 valence electrons. The van der Waals surface area contributed by atoms with Crippen LogP contribution < -0.4 is 5.73 Å². The van der Waals surface area contributed by atoms with E-state index in [0.29, 0.717) is 12.1 Å². The van der Waals surface area contributed by atoms with E-state index in [1.165, 1.54) is 24.0 Å². The smallest absolute Gasteiger partial charge is 0.0580 e. The van der Waals surface area contributed by atoms with E-state index in [0.717, 1.165) is 31.8 Å². The molecule has 2 N–H and O–H groups in total. The van der Waals surface area contributed by atoms with E-state index in [1.807, 2.05) is 0 Å². The van der Waals surface area contributed by atoms with Crippen LogP contribution >= 0.6 is 0 Å². The second-order valence-electron chi connectivity index (χ2n) is 5.78. The molecule has 1 aliphatic rings. The van der Waals surface area contributed by atoms with Crippen LogP contribution in [0.4, 0.5) is 0 Å². The van der Waals surface area contributed by atoms with Crippen molar-refractivity contribution in [2.24, 2.45) is 11.7 Å². The molecule has 0 saturated heterocycles. The Bertz CT molecular complexity index is 367. The summed E-state index contributed by atoms with van der Waals surface area (Å²) in [6.45, 7) is 5.10. The molecule has 1 aromatic carbocycles. The lowest BCUT2D eigenvalue weighted by Gasteiger charge is -2.36. The zero-order chi connectivity index (χ0) is 13.7. The Morgan fingerprint density at radius 3 is 2.37 bits per heavy atom. The van der Waals surface area contributed by atoms with Crippen LogP contribution in [-0.2, 0) is 17.6 Å². The Morgan fingerprint density at radius 2 is 1.79 bits per heavy atom. The van der Waals surface area contributed by atoms with Crippen LogP contribution in [-0.4, -0.2) is 18.8 Å². The van der Waals surface area contributed by atoms with Gasteiger partial charge in [-0.1, -0.05) is 31.2 Å². The standard InChI is InChI=1S/C17H27NO/c1-3-13-5-7-14(8-6-13)9-16(18)10-15-11-17(12-15)19-4-2/h5-8,15-17H,3-4,9-12,18H2,1-2H3. The van der Waals surface area contributed by atoms with Crippen LogP contribution in [0, 0.1) is 5.92 Å². The molecule has 19 heavy (non-hydrogen) atoms. The van der Waals surface area contributed by atoms with Gasteiger partial charge in [0.1, 0.15) is 0 Å². The topological polar surface area (TPSA) is 35.2 Å². The molecule has 1 saturated carbocycles. The van der Waals surface area contributed by atoms with Gasteiger partial charge >= 0.3 is 0 Å². The Morgan fingerprint density at radius 1 is 1.16 bits per heavy atom. The van der Waals surface area contributed by atoms with E-state index in [9.17, 15) is 0 Å². The zero-order valence-electron chi connectivity index (χ0n) is 12.3. The third kappa shape index (κ3) is 4.32. The van der Waals surface area contributed by atoms with Gasteiger partial charge in [-0.25, -0.2) is 0 Å². The molecular weight excluding hydrogens is 234 g/mol. The first-order valence-electron chi connectivity index (χ1n) is 7.66. The lowest BCUT2D eigenvalue weighted by atomic mass is 9.77. The molecule has 0 bridgehead atoms. The van der Waals surface area contributed by atoms with E-state index < -0.39 is 0 Å². The van der Waals surface area contributed by atoms with Crippen molar-refractivity contribution in [2.45, 2.75) is 58.1 Å². The largest absolute Gasteiger partial charge is 0.378 e. The van der Waals surface area contributed by atoms with E-state index in [1.54, 1.807) is 0 Å². The van der Waals surface area contributed by atoms with Crippen molar-refractivity contribution < 1.29 is 4.74 Å². The van der Waals surface area contributed by atoms with Crippen LogP contribution in [0.1, 0.15) is 44.2 Å². The predicted octanol–water partition coefficient (Wildman–Crippen LogP) is 3.32. The maximum absolute atomic E-state index is 6.27. The number of rotatable bonds is 7. The SMILES string of the molecule is CCOC1CC(CC(N)Cc2ccc(CC)cc2)C1. The molecule has 1 aromatic rings. The molecule has 2 nitrogen and oxygen atoms in total. The Kier molecular flexibility index (Phi) is 5.41. The zero-order valence-corrected chi connectivity index (χ0v) is 12.3. The van der Waals surface area contributed by atoms with Gasteiger partial charge in [0.25, 0.3) is 0 Å². The quantitative estimate of drug-likeness (QED) is 0.817. The van der Waals surface area contributed by atoms with Crippen molar-refractivity contribution in [3.8, 4) is 0 Å². The molecule has 0 aromatic heterocycles. The van der Waals surface area contributed by atoms with Gasteiger partial charge in [-0.3, -0.25) is 0 Å². The van der Waals surface area contributed by atoms with Gasteiger partial charge < -0.3 is 10.5 Å². The second kappa shape index (κ2) is 7.06. The van der Waals surface area contributed by atoms with Crippen molar-refractivity contribution in [3.05, 3.63) is 35.4 Å². The third-order valence-electron chi connectivity index (χ3n) is 4.16. The van der Waals surface area contributed by atoms with Crippen molar-refractivity contribution in [1.29, 1.82) is 0 Å². The molecule has 1 aliphatic carbocycles. The van der Waals surface area contributed by atoms with Crippen LogP contribution in [0.25, 0.3) is 0 Å². The summed E-state index contributed by atoms with van der Waals surface area (Å²) in [6.07, 6.45) is 6.16. The summed E-state index contributed by atoms with van der Waals surface area (Å²) in [4.78, 5) is 0. The van der Waals surface area contributed by atoms with E-state index in [4.69, 9.17) is 10.5 Å². The van der Waals surface area contributed by atoms with E-state index >= 15 is 0 Å². The summed E-state index contributed by atoms with van der Waals surface area (Å²) >= 11 is 0. The van der Waals surface area contributed by atoms with Gasteiger partial charge in [-0.2, -0.15) is 0 Å². The monoisotopic (exact) mass is 261 g/mol. The fourth-order valence-electron chi connectivity index (χ4n) is 2.96. The van der Waals surface area contributed by atoms with Gasteiger partial charge in [0.05, 0.1) is 6.10 Å². The number of aryl methyl sites for hydroxylation is 1. The molecule has 0 spiro atoms. The molecule has 0 aliphatic heterocycles. The maximum atomic E-state index is 6.27. The number of nitrogens with two attached hydrogens (primary N) is 1. The maximum Gasteiger partial charge on any atom is 0.0580 e. The van der Waals surface area contributed by atoms with Gasteiger partial charge in [-0.05, 0) is 56.1 Å². The predicted molar refractivity (Wildman–Crippen MR) is 80.3 cm³/mol. The van der Waals surface area contributed by atoms with E-state index in [-0.39, 0.29) is 0 Å². The van der Waals surface area contributed by atoms with E-state index in [2.05, 4.69) is 38.1 Å². The molecule has 1 atom stereocenters. The Hall–Kier alpha value is -0.860. The van der Waals surface area contributed by atoms with Crippen molar-refractivity contribution in [2.75, 3.05) is 6.61 Å². The Labute approximate surface area is 117 Å². The first-order valence-corrected chi connectivity index (χ1v) is 7.66. The van der Waals surface area contributed by atoms with Crippen LogP contribution in [0.2, 0.25) is 0 Å². The average Bonchev–Trinajstić information content (AvgIpc) is 2.37. The number of ether oxygens (including phenoxy) is 1. The summed E-state index contributed by atoms with van der Waals surface area (Å²) < 4.78 is 5.59. The number of hydrogen-bond donors (Lipinski definition) is 1. The average molecular weight is 261 g/mol. The van der Waals surface area contributed by atoms with Crippen molar-refractivity contribution in [1.82, 2.24) is 0 Å². The second-order valence-corrected chi connectivity index (χ2v) is 5.78. The summed E-state index contributed by atoms with van der Waals surface area (Å²) in [7, 11) is 0. The lowest BCUT2D eigenvalue weighted by Crippen LogP contribution is -2.36. The minimum atomic E-state index is 0.292. The number of benzene rings is 1. The third-order valence-corrected chi connectivity index (χ3v) is 4.16. The van der Waals surface area contributed by atoms with Crippen LogP contribution in [0.5, 0.6) is 0 Å². The van der Waals surface area contributed by atoms with Gasteiger partial charge in [0.2, 0.25) is 0 Å². The van der Waals surface area contributed by atoms with Gasteiger partial charge in [-0.15, -0.1) is 0 Å². The molecule has 2 rings (SSSR count). The summed E-state index contributed by atoms with van der Waals surface area (Å²) in [6, 6.07) is 9.18. The molecule has 0 amide bonds. The van der Waals surface area contributed by atoms with Crippen LogP contribution in [0.3, 0.4) is 0 Å². The molecule has 2 heteroatoms. The van der Waals surface area contributed by atoms with Gasteiger partial charge in [0.15, 0.2) is 0 Å². The molecular formula is C17H27NO. The fourth-order valence-corrected chi connectivity index (χ4v) is 2.96. The minimum Gasteiger partial charge on any atom is -0.378 e. The summed E-state index contributed by atoms with van der Waals surface area (Å²) in [5, 5.41) is 0. The lowest BCUT2D eigenvalue weighted by molar-refractivity contribution is -0.0280. The summed E-state index contributed by atoms with van der Waals surface area (Å²) in [5.74, 6) is 0.779. The highest BCUT2D eigenvalue weighted by molar-refractivity contribution is 5.23. The fraction of sp³-hybridized carbons (Fsp3) is 0.647. The summed E-state index contributed by atoms with van der Waals surface area (Å²) in [5.41, 5.74) is 9.03. The highest BCUT2D eigenvalue weighted by Crippen LogP contribution is 2.33. The van der Waals surface area contributed by atoms with Crippen molar-refractivity contribution in [3.63, 3.8) is 0 Å². The van der Waals surface area contributed by atoms with Crippen LogP contribution in [0.15, 0.2) is 24.3 Å². The molecule has 0 heterocycles. The van der Waals surface area contributed by atoms with Crippen molar-refractivity contribution >= 4 is 0 Å². The molecule has 1 fully saturated rings. The molecule has 1 unspecified atom stereocenters. The van der Waals surface area contributed by atoms with Gasteiger partial charge in [0, 0.05) is 12.6 Å². The number of hydrogen-bond acceptors (Lipinski definition) is 2. The first-order chi connectivity index (χ1) is 9.21. The minimum absolute atomic E-state index is 0.292.